The second-order valence-corrected chi connectivity index (χ2v) is 7.58. The van der Waals surface area contributed by atoms with Gasteiger partial charge in [0.2, 0.25) is 0 Å². The van der Waals surface area contributed by atoms with Gasteiger partial charge in [-0.25, -0.2) is 9.37 Å². The summed E-state index contributed by atoms with van der Waals surface area (Å²) in [7, 11) is 0. The van der Waals surface area contributed by atoms with E-state index in [0.29, 0.717) is 5.56 Å². The minimum absolute atomic E-state index is 0.0200. The van der Waals surface area contributed by atoms with Gasteiger partial charge in [-0.15, -0.1) is 11.3 Å². The number of aromatic hydroxyl groups is 1. The number of pyridine rings is 1. The van der Waals surface area contributed by atoms with Gasteiger partial charge in [0.25, 0.3) is 5.91 Å². The van der Waals surface area contributed by atoms with Gasteiger partial charge in [-0.2, -0.15) is 13.2 Å². The summed E-state index contributed by atoms with van der Waals surface area (Å²) in [6, 6.07) is 11.3. The van der Waals surface area contributed by atoms with Gasteiger partial charge in [0, 0.05) is 16.6 Å². The highest BCUT2D eigenvalue weighted by Gasteiger charge is 2.36. The zero-order valence-corrected chi connectivity index (χ0v) is 16.3. The number of phenols is 1. The number of nitrogens with zero attached hydrogens (tertiary/aromatic N) is 1. The second-order valence-electron chi connectivity index (χ2n) is 6.59. The first-order valence-electron chi connectivity index (χ1n) is 8.80. The number of rotatable bonds is 3. The van der Waals surface area contributed by atoms with Gasteiger partial charge in [-0.1, -0.05) is 0 Å². The summed E-state index contributed by atoms with van der Waals surface area (Å²) in [5, 5.41) is 11.5. The molecule has 0 aliphatic rings. The van der Waals surface area contributed by atoms with Gasteiger partial charge < -0.3 is 16.2 Å². The van der Waals surface area contributed by atoms with E-state index in [1.165, 1.54) is 36.4 Å². The van der Waals surface area contributed by atoms with Gasteiger partial charge in [-0.3, -0.25) is 4.79 Å². The Hall–Kier alpha value is -3.66. The van der Waals surface area contributed by atoms with Crippen molar-refractivity contribution in [2.45, 2.75) is 6.18 Å². The number of alkyl halides is 3. The summed E-state index contributed by atoms with van der Waals surface area (Å²) >= 11 is 0.725. The van der Waals surface area contributed by atoms with Crippen molar-refractivity contribution in [3.63, 3.8) is 0 Å². The number of phenolic OH excluding ortho intramolecular Hbond substituents is 1. The average Bonchev–Trinajstić information content (AvgIpc) is 3.05. The molecule has 4 aromatic rings. The van der Waals surface area contributed by atoms with Crippen LogP contribution in [0.25, 0.3) is 21.5 Å². The first-order chi connectivity index (χ1) is 14.6. The smallest absolute Gasteiger partial charge is 0.417 e. The van der Waals surface area contributed by atoms with Crippen LogP contribution in [0.1, 0.15) is 15.2 Å². The molecule has 0 aliphatic heterocycles. The maximum absolute atomic E-state index is 13.8. The van der Waals surface area contributed by atoms with E-state index < -0.39 is 23.5 Å². The van der Waals surface area contributed by atoms with E-state index in [0.717, 1.165) is 29.5 Å². The summed E-state index contributed by atoms with van der Waals surface area (Å²) in [5.74, 6) is -1.27. The first-order valence-corrected chi connectivity index (χ1v) is 9.61. The number of thiophene rings is 1. The molecule has 0 aliphatic carbocycles. The minimum Gasteiger partial charge on any atom is -0.508 e. The average molecular weight is 447 g/mol. The number of anilines is 2. The Balaban J connectivity index is 1.83. The van der Waals surface area contributed by atoms with Crippen LogP contribution in [0.15, 0.2) is 54.6 Å². The molecule has 0 saturated heterocycles. The number of hydrogen-bond acceptors (Lipinski definition) is 5. The largest absolute Gasteiger partial charge is 0.508 e. The Morgan fingerprint density at radius 2 is 1.71 bits per heavy atom. The lowest BCUT2D eigenvalue weighted by Crippen LogP contribution is -2.12. The van der Waals surface area contributed by atoms with Crippen LogP contribution in [0.5, 0.6) is 5.75 Å². The van der Waals surface area contributed by atoms with Crippen LogP contribution in [0.2, 0.25) is 0 Å². The fourth-order valence-electron chi connectivity index (χ4n) is 3.01. The Labute approximate surface area is 176 Å². The molecule has 0 saturated carbocycles. The standard InChI is InChI=1S/C21H13F4N3O2S/c22-11-3-5-12(6-4-11)27-19(30)18-17(26)16-14(21(23,24)25)9-15(28-20(16)31-18)10-1-7-13(29)8-2-10/h1-9,29H,26H2,(H,27,30). The summed E-state index contributed by atoms with van der Waals surface area (Å²) in [6.45, 7) is 0. The molecule has 31 heavy (non-hydrogen) atoms. The van der Waals surface area contributed by atoms with E-state index >= 15 is 0 Å². The van der Waals surface area contributed by atoms with Crippen molar-refractivity contribution >= 4 is 38.8 Å². The molecular formula is C21H13F4N3O2S. The molecule has 10 heteroatoms. The van der Waals surface area contributed by atoms with Crippen molar-refractivity contribution in [3.8, 4) is 17.0 Å². The molecule has 0 unspecified atom stereocenters. The Kier molecular flexibility index (Phi) is 5.02. The number of hydrogen-bond donors (Lipinski definition) is 3. The van der Waals surface area contributed by atoms with Crippen molar-refractivity contribution < 1.29 is 27.5 Å². The van der Waals surface area contributed by atoms with Crippen molar-refractivity contribution in [1.29, 1.82) is 0 Å². The zero-order chi connectivity index (χ0) is 22.3. The molecule has 4 rings (SSSR count). The maximum Gasteiger partial charge on any atom is 0.417 e. The van der Waals surface area contributed by atoms with Crippen LogP contribution in [0, 0.1) is 5.82 Å². The number of nitrogen functional groups attached to an aromatic ring is 1. The van der Waals surface area contributed by atoms with Gasteiger partial charge in [0.05, 0.1) is 16.9 Å². The van der Waals surface area contributed by atoms with Gasteiger partial charge >= 0.3 is 6.18 Å². The Bertz CT molecular complexity index is 1280. The van der Waals surface area contributed by atoms with E-state index in [2.05, 4.69) is 10.3 Å². The highest BCUT2D eigenvalue weighted by atomic mass is 32.1. The molecule has 0 spiro atoms. The van der Waals surface area contributed by atoms with Gasteiger partial charge in [-0.05, 0) is 54.6 Å². The third-order valence-electron chi connectivity index (χ3n) is 4.48. The van der Waals surface area contributed by atoms with Crippen LogP contribution < -0.4 is 11.1 Å². The number of halogens is 4. The number of carbonyl (C=O) groups excluding carboxylic acids is 1. The number of amides is 1. The minimum atomic E-state index is -4.74. The van der Waals surface area contributed by atoms with Gasteiger partial charge in [0.1, 0.15) is 21.3 Å². The number of aromatic nitrogens is 1. The molecule has 0 atom stereocenters. The molecule has 1 amide bonds. The SMILES string of the molecule is Nc1c(C(=O)Nc2ccc(F)cc2)sc2nc(-c3ccc(O)cc3)cc(C(F)(F)F)c12. The van der Waals surface area contributed by atoms with E-state index in [4.69, 9.17) is 5.73 Å². The molecule has 4 N–H and O–H groups in total. The van der Waals surface area contributed by atoms with Gasteiger partial charge in [0.15, 0.2) is 0 Å². The summed E-state index contributed by atoms with van der Waals surface area (Å²) in [5.41, 5.74) is 5.22. The fourth-order valence-corrected chi connectivity index (χ4v) is 4.03. The number of nitrogens with one attached hydrogen (secondary N) is 1. The van der Waals surface area contributed by atoms with Crippen LogP contribution in [-0.2, 0) is 6.18 Å². The molecule has 2 aromatic heterocycles. The lowest BCUT2D eigenvalue weighted by Gasteiger charge is -2.11. The van der Waals surface area contributed by atoms with Crippen LogP contribution in [0.4, 0.5) is 28.9 Å². The normalized spacial score (nSPS) is 11.6. The van der Waals surface area contributed by atoms with Crippen molar-refractivity contribution in [1.82, 2.24) is 4.98 Å². The van der Waals surface area contributed by atoms with Crippen molar-refractivity contribution in [2.24, 2.45) is 0 Å². The van der Waals surface area contributed by atoms with Crippen LogP contribution >= 0.6 is 11.3 Å². The first kappa shape index (κ1) is 20.6. The summed E-state index contributed by atoms with van der Waals surface area (Å²) in [6.07, 6.45) is -4.74. The molecular weight excluding hydrogens is 434 g/mol. The Morgan fingerprint density at radius 1 is 1.06 bits per heavy atom. The lowest BCUT2D eigenvalue weighted by molar-refractivity contribution is -0.136. The molecule has 2 aromatic carbocycles. The highest BCUT2D eigenvalue weighted by Crippen LogP contribution is 2.43. The highest BCUT2D eigenvalue weighted by molar-refractivity contribution is 7.21. The molecule has 5 nitrogen and oxygen atoms in total. The predicted octanol–water partition coefficient (Wildman–Crippen LogP) is 5.66. The molecule has 0 bridgehead atoms. The topological polar surface area (TPSA) is 88.2 Å². The molecule has 158 valence electrons. The quantitative estimate of drug-likeness (QED) is 0.354. The summed E-state index contributed by atoms with van der Waals surface area (Å²) < 4.78 is 54.4. The second kappa shape index (κ2) is 7.55. The molecule has 2 heterocycles. The van der Waals surface area contributed by atoms with Crippen LogP contribution in [0.3, 0.4) is 0 Å². The Morgan fingerprint density at radius 3 is 2.32 bits per heavy atom. The molecule has 0 fully saturated rings. The number of carbonyl (C=O) groups is 1. The number of fused-ring (bicyclic) bond motifs is 1. The van der Waals surface area contributed by atoms with E-state index in [1.807, 2.05) is 0 Å². The molecule has 0 radical (unpaired) electrons. The number of benzene rings is 2. The third-order valence-corrected chi connectivity index (χ3v) is 5.57. The summed E-state index contributed by atoms with van der Waals surface area (Å²) in [4.78, 5) is 16.7. The van der Waals surface area contributed by atoms with E-state index in [1.54, 1.807) is 0 Å². The van der Waals surface area contributed by atoms with Crippen molar-refractivity contribution in [2.75, 3.05) is 11.1 Å². The van der Waals surface area contributed by atoms with Crippen LogP contribution in [-0.4, -0.2) is 16.0 Å². The van der Waals surface area contributed by atoms with E-state index in [-0.39, 0.29) is 37.9 Å². The third kappa shape index (κ3) is 4.02. The van der Waals surface area contributed by atoms with E-state index in [9.17, 15) is 27.5 Å². The lowest BCUT2D eigenvalue weighted by atomic mass is 10.1. The monoisotopic (exact) mass is 447 g/mol. The predicted molar refractivity (Wildman–Crippen MR) is 110 cm³/mol. The zero-order valence-electron chi connectivity index (χ0n) is 15.5. The number of nitrogens with two attached hydrogens (primary N) is 1. The fraction of sp³-hybridized carbons (Fsp3) is 0.0476. The maximum atomic E-state index is 13.8. The van der Waals surface area contributed by atoms with Crippen molar-refractivity contribution in [3.05, 3.63) is 70.9 Å².